The molecule has 108 valence electrons. The monoisotopic (exact) mass is 287 g/mol. The van der Waals surface area contributed by atoms with Gasteiger partial charge >= 0.3 is 0 Å². The van der Waals surface area contributed by atoms with Crippen molar-refractivity contribution >= 4 is 22.3 Å². The summed E-state index contributed by atoms with van der Waals surface area (Å²) in [4.78, 5) is 12.1. The van der Waals surface area contributed by atoms with Gasteiger partial charge in [0.1, 0.15) is 0 Å². The second kappa shape index (κ2) is 6.27. The highest BCUT2D eigenvalue weighted by atomic mass is 16.1. The summed E-state index contributed by atoms with van der Waals surface area (Å²) in [5.74, 6) is -0.0815. The van der Waals surface area contributed by atoms with E-state index in [-0.39, 0.29) is 5.91 Å². The number of rotatable bonds is 4. The molecule has 0 fully saturated rings. The first kappa shape index (κ1) is 14.1. The maximum Gasteiger partial charge on any atom is 0.251 e. The van der Waals surface area contributed by atoms with E-state index < -0.39 is 0 Å². The van der Waals surface area contributed by atoms with E-state index in [0.29, 0.717) is 12.1 Å². The lowest BCUT2D eigenvalue weighted by molar-refractivity contribution is 0.0958. The minimum atomic E-state index is -0.0815. The molecule has 3 aromatic carbocycles. The van der Waals surface area contributed by atoms with Crippen LogP contribution >= 0.6 is 0 Å². The Morgan fingerprint density at radius 1 is 0.864 bits per heavy atom. The van der Waals surface area contributed by atoms with Crippen LogP contribution in [0.2, 0.25) is 0 Å². The molecule has 0 unspecified atom stereocenters. The first-order valence-electron chi connectivity index (χ1n) is 7.25. The van der Waals surface area contributed by atoms with Crippen LogP contribution < -0.4 is 5.32 Å². The molecule has 3 aromatic rings. The Labute approximate surface area is 130 Å². The second-order valence-electron chi connectivity index (χ2n) is 5.18. The molecule has 0 aliphatic heterocycles. The van der Waals surface area contributed by atoms with Gasteiger partial charge < -0.3 is 5.32 Å². The largest absolute Gasteiger partial charge is 0.348 e. The van der Waals surface area contributed by atoms with Crippen LogP contribution in [0.3, 0.4) is 0 Å². The van der Waals surface area contributed by atoms with E-state index in [4.69, 9.17) is 0 Å². The van der Waals surface area contributed by atoms with E-state index in [1.165, 1.54) is 5.39 Å². The predicted octanol–water partition coefficient (Wildman–Crippen LogP) is 4.28. The van der Waals surface area contributed by atoms with E-state index in [9.17, 15) is 4.79 Å². The van der Waals surface area contributed by atoms with Crippen molar-refractivity contribution in [1.82, 2.24) is 5.32 Å². The molecule has 0 atom stereocenters. The summed E-state index contributed by atoms with van der Waals surface area (Å²) in [6.45, 7) is 4.56. The lowest BCUT2D eigenvalue weighted by Crippen LogP contribution is -2.24. The standard InChI is InChI=1S/C20H17NO/c1-15(14-21-20(22)17-9-3-2-4-10-17)18-13-7-11-16-8-5-6-12-19(16)18/h2-13H,1,14H2,(H,21,22). The molecule has 0 aliphatic carbocycles. The quantitative estimate of drug-likeness (QED) is 0.762. The number of amides is 1. The fourth-order valence-electron chi connectivity index (χ4n) is 2.51. The first-order chi connectivity index (χ1) is 10.8. The van der Waals surface area contributed by atoms with Gasteiger partial charge in [-0.15, -0.1) is 0 Å². The second-order valence-corrected chi connectivity index (χ2v) is 5.18. The molecule has 0 saturated carbocycles. The Hall–Kier alpha value is -2.87. The smallest absolute Gasteiger partial charge is 0.251 e. The molecule has 0 saturated heterocycles. The van der Waals surface area contributed by atoms with Crippen LogP contribution in [0.15, 0.2) is 79.4 Å². The topological polar surface area (TPSA) is 29.1 Å². The minimum absolute atomic E-state index is 0.0815. The zero-order chi connectivity index (χ0) is 15.4. The van der Waals surface area contributed by atoms with Crippen LogP contribution in [0.4, 0.5) is 0 Å². The number of benzene rings is 3. The molecular formula is C20H17NO. The number of carbonyl (C=O) groups is 1. The summed E-state index contributed by atoms with van der Waals surface area (Å²) in [6.07, 6.45) is 0. The van der Waals surface area contributed by atoms with Gasteiger partial charge in [0, 0.05) is 12.1 Å². The van der Waals surface area contributed by atoms with Crippen LogP contribution in [0.1, 0.15) is 15.9 Å². The normalized spacial score (nSPS) is 10.4. The van der Waals surface area contributed by atoms with Crippen molar-refractivity contribution in [2.45, 2.75) is 0 Å². The van der Waals surface area contributed by atoms with Crippen LogP contribution in [-0.4, -0.2) is 12.5 Å². The van der Waals surface area contributed by atoms with Crippen LogP contribution in [0.5, 0.6) is 0 Å². The zero-order valence-corrected chi connectivity index (χ0v) is 12.3. The van der Waals surface area contributed by atoms with E-state index in [0.717, 1.165) is 16.5 Å². The van der Waals surface area contributed by atoms with Gasteiger partial charge in [0.2, 0.25) is 0 Å². The van der Waals surface area contributed by atoms with E-state index >= 15 is 0 Å². The van der Waals surface area contributed by atoms with E-state index in [2.05, 4.69) is 30.1 Å². The number of hydrogen-bond donors (Lipinski definition) is 1. The third-order valence-electron chi connectivity index (χ3n) is 3.67. The average Bonchev–Trinajstić information content (AvgIpc) is 2.59. The number of carbonyl (C=O) groups excluding carboxylic acids is 1. The zero-order valence-electron chi connectivity index (χ0n) is 12.3. The van der Waals surface area contributed by atoms with Gasteiger partial charge in [0.15, 0.2) is 0 Å². The van der Waals surface area contributed by atoms with Crippen molar-refractivity contribution in [3.63, 3.8) is 0 Å². The number of hydrogen-bond acceptors (Lipinski definition) is 1. The van der Waals surface area contributed by atoms with Gasteiger partial charge in [-0.2, -0.15) is 0 Å². The number of nitrogens with one attached hydrogen (secondary N) is 1. The molecule has 2 nitrogen and oxygen atoms in total. The maximum absolute atomic E-state index is 12.1. The minimum Gasteiger partial charge on any atom is -0.348 e. The van der Waals surface area contributed by atoms with Gasteiger partial charge in [0.05, 0.1) is 0 Å². The molecule has 0 aliphatic rings. The molecule has 0 heterocycles. The molecule has 0 spiro atoms. The van der Waals surface area contributed by atoms with Crippen LogP contribution in [0, 0.1) is 0 Å². The van der Waals surface area contributed by atoms with Gasteiger partial charge in [-0.25, -0.2) is 0 Å². The van der Waals surface area contributed by atoms with Gasteiger partial charge in [-0.05, 0) is 34.0 Å². The molecule has 1 N–H and O–H groups in total. The summed E-state index contributed by atoms with van der Waals surface area (Å²) in [5.41, 5.74) is 2.64. The fraction of sp³-hybridized carbons (Fsp3) is 0.0500. The van der Waals surface area contributed by atoms with E-state index in [1.807, 2.05) is 42.5 Å². The van der Waals surface area contributed by atoms with Gasteiger partial charge in [-0.3, -0.25) is 4.79 Å². The third-order valence-corrected chi connectivity index (χ3v) is 3.67. The highest BCUT2D eigenvalue weighted by Crippen LogP contribution is 2.23. The molecule has 3 rings (SSSR count). The maximum atomic E-state index is 12.1. The molecule has 0 radical (unpaired) electrons. The van der Waals surface area contributed by atoms with Crippen molar-refractivity contribution in [1.29, 1.82) is 0 Å². The Balaban J connectivity index is 1.76. The summed E-state index contributed by atoms with van der Waals surface area (Å²) < 4.78 is 0. The van der Waals surface area contributed by atoms with Crippen molar-refractivity contribution in [2.75, 3.05) is 6.54 Å². The highest BCUT2D eigenvalue weighted by molar-refractivity contribution is 5.97. The lowest BCUT2D eigenvalue weighted by Gasteiger charge is -2.11. The summed E-state index contributed by atoms with van der Waals surface area (Å²) in [7, 11) is 0. The summed E-state index contributed by atoms with van der Waals surface area (Å²) >= 11 is 0. The van der Waals surface area contributed by atoms with Crippen molar-refractivity contribution in [3.8, 4) is 0 Å². The van der Waals surface area contributed by atoms with Crippen molar-refractivity contribution in [2.24, 2.45) is 0 Å². The summed E-state index contributed by atoms with van der Waals surface area (Å²) in [5, 5.41) is 5.26. The van der Waals surface area contributed by atoms with Crippen molar-refractivity contribution < 1.29 is 4.79 Å². The molecule has 0 aromatic heterocycles. The first-order valence-corrected chi connectivity index (χ1v) is 7.25. The Morgan fingerprint density at radius 2 is 1.55 bits per heavy atom. The average molecular weight is 287 g/mol. The predicted molar refractivity (Wildman–Crippen MR) is 91.8 cm³/mol. The Kier molecular flexibility index (Phi) is 4.01. The molecule has 1 amide bonds. The van der Waals surface area contributed by atoms with Crippen molar-refractivity contribution in [3.05, 3.63) is 90.5 Å². The van der Waals surface area contributed by atoms with E-state index in [1.54, 1.807) is 12.1 Å². The molecule has 0 bridgehead atoms. The van der Waals surface area contributed by atoms with Crippen LogP contribution in [-0.2, 0) is 0 Å². The molecule has 2 heteroatoms. The SMILES string of the molecule is C=C(CNC(=O)c1ccccc1)c1cccc2ccccc12. The molecular weight excluding hydrogens is 270 g/mol. The van der Waals surface area contributed by atoms with Gasteiger partial charge in [0.25, 0.3) is 5.91 Å². The van der Waals surface area contributed by atoms with Gasteiger partial charge in [-0.1, -0.05) is 67.2 Å². The summed E-state index contributed by atoms with van der Waals surface area (Å²) in [6, 6.07) is 23.5. The Bertz CT molecular complexity index is 816. The lowest BCUT2D eigenvalue weighted by atomic mass is 9.99. The number of fused-ring (bicyclic) bond motifs is 1. The fourth-order valence-corrected chi connectivity index (χ4v) is 2.51. The van der Waals surface area contributed by atoms with Crippen LogP contribution in [0.25, 0.3) is 16.3 Å². The Morgan fingerprint density at radius 3 is 2.36 bits per heavy atom. The highest BCUT2D eigenvalue weighted by Gasteiger charge is 2.07. The molecule has 22 heavy (non-hydrogen) atoms. The third kappa shape index (κ3) is 2.91.